The second-order valence-electron chi connectivity index (χ2n) is 8.24. The predicted molar refractivity (Wildman–Crippen MR) is 122 cm³/mol. The Kier molecular flexibility index (Phi) is 5.99. The van der Waals surface area contributed by atoms with Gasteiger partial charge in [-0.3, -0.25) is 0 Å². The van der Waals surface area contributed by atoms with E-state index in [1.54, 1.807) is 35.7 Å². The van der Waals surface area contributed by atoms with Gasteiger partial charge in [-0.05, 0) is 69.2 Å². The van der Waals surface area contributed by atoms with E-state index in [-0.39, 0.29) is 12.0 Å². The Hall–Kier alpha value is -2.51. The Morgan fingerprint density at radius 2 is 1.81 bits per heavy atom. The lowest BCUT2D eigenvalue weighted by Gasteiger charge is -2.17. The average molecular weight is 443 g/mol. The van der Waals surface area contributed by atoms with Crippen LogP contribution in [0.3, 0.4) is 0 Å². The molecule has 4 rings (SSSR count). The van der Waals surface area contributed by atoms with Gasteiger partial charge in [-0.1, -0.05) is 0 Å². The van der Waals surface area contributed by atoms with Gasteiger partial charge in [-0.2, -0.15) is 4.31 Å². The summed E-state index contributed by atoms with van der Waals surface area (Å²) in [6.07, 6.45) is 3.03. The fourth-order valence-corrected chi connectivity index (χ4v) is 5.83. The molecular weight excluding hydrogens is 412 g/mol. The molecule has 3 aromatic rings. The zero-order valence-corrected chi connectivity index (χ0v) is 19.4. The van der Waals surface area contributed by atoms with E-state index >= 15 is 0 Å². The fraction of sp³-hybridized carbons (Fsp3) is 0.417. The SMILES string of the molecule is CCn1cc(C2CCN(S(=O)(=O)c3ccc(OC(C)C)cc3)C2)c2ccc(OC)cc21. The number of nitrogens with zero attached hydrogens (tertiary/aromatic N) is 2. The molecule has 1 aliphatic heterocycles. The number of hydrogen-bond donors (Lipinski definition) is 0. The van der Waals surface area contributed by atoms with Crippen molar-refractivity contribution in [3.8, 4) is 11.5 Å². The van der Waals surface area contributed by atoms with Gasteiger partial charge in [0.2, 0.25) is 10.0 Å². The maximum absolute atomic E-state index is 13.2. The van der Waals surface area contributed by atoms with Crippen molar-refractivity contribution in [2.75, 3.05) is 20.2 Å². The number of rotatable bonds is 7. The van der Waals surface area contributed by atoms with Gasteiger partial charge in [0.15, 0.2) is 0 Å². The second kappa shape index (κ2) is 8.55. The molecule has 1 aromatic heterocycles. The molecule has 166 valence electrons. The van der Waals surface area contributed by atoms with E-state index in [0.29, 0.717) is 23.7 Å². The Bertz CT molecular complexity index is 1170. The number of aryl methyl sites for hydroxylation is 1. The van der Waals surface area contributed by atoms with E-state index in [9.17, 15) is 8.42 Å². The summed E-state index contributed by atoms with van der Waals surface area (Å²) < 4.78 is 41.3. The molecule has 2 heterocycles. The number of hydrogen-bond acceptors (Lipinski definition) is 4. The molecule has 0 radical (unpaired) electrons. The van der Waals surface area contributed by atoms with E-state index in [1.165, 1.54) is 10.9 Å². The maximum atomic E-state index is 13.2. The van der Waals surface area contributed by atoms with Crippen molar-refractivity contribution in [2.24, 2.45) is 0 Å². The number of fused-ring (bicyclic) bond motifs is 1. The van der Waals surface area contributed by atoms with Crippen LogP contribution in [0, 0.1) is 0 Å². The molecule has 7 heteroatoms. The van der Waals surface area contributed by atoms with Crippen LogP contribution in [0.5, 0.6) is 11.5 Å². The summed E-state index contributed by atoms with van der Waals surface area (Å²) in [4.78, 5) is 0.310. The van der Waals surface area contributed by atoms with E-state index in [4.69, 9.17) is 9.47 Å². The molecule has 0 bridgehead atoms. The van der Waals surface area contributed by atoms with E-state index in [2.05, 4.69) is 23.8 Å². The smallest absolute Gasteiger partial charge is 0.243 e. The molecule has 1 saturated heterocycles. The summed E-state index contributed by atoms with van der Waals surface area (Å²) in [5.41, 5.74) is 2.33. The first kappa shape index (κ1) is 21.7. The topological polar surface area (TPSA) is 60.8 Å². The molecule has 0 amide bonds. The highest BCUT2D eigenvalue weighted by molar-refractivity contribution is 7.89. The molecule has 0 aliphatic carbocycles. The van der Waals surface area contributed by atoms with Crippen LogP contribution in [-0.2, 0) is 16.6 Å². The number of benzene rings is 2. The summed E-state index contributed by atoms with van der Waals surface area (Å²) >= 11 is 0. The number of sulfonamides is 1. The first-order chi connectivity index (χ1) is 14.8. The molecule has 0 saturated carbocycles. The maximum Gasteiger partial charge on any atom is 0.243 e. The molecule has 0 N–H and O–H groups in total. The van der Waals surface area contributed by atoms with Crippen LogP contribution in [0.15, 0.2) is 53.6 Å². The standard InChI is InChI=1S/C24H30N2O4S/c1-5-25-16-23(22-11-8-20(29-4)14-24(22)25)18-12-13-26(15-18)31(27,28)21-9-6-19(7-10-21)30-17(2)3/h6-11,14,16-18H,5,12-13,15H2,1-4H3. The highest BCUT2D eigenvalue weighted by atomic mass is 32.2. The third-order valence-corrected chi connectivity index (χ3v) is 7.76. The minimum atomic E-state index is -3.54. The molecule has 1 atom stereocenters. The highest BCUT2D eigenvalue weighted by Gasteiger charge is 2.34. The van der Waals surface area contributed by atoms with Crippen LogP contribution < -0.4 is 9.47 Å². The minimum absolute atomic E-state index is 0.0482. The summed E-state index contributed by atoms with van der Waals surface area (Å²) in [5, 5.41) is 1.17. The molecule has 0 spiro atoms. The van der Waals surface area contributed by atoms with Gasteiger partial charge in [0.05, 0.1) is 23.6 Å². The van der Waals surface area contributed by atoms with Crippen LogP contribution in [-0.4, -0.2) is 43.6 Å². The Balaban J connectivity index is 1.58. The Labute approximate surface area is 184 Å². The normalized spacial score (nSPS) is 17.5. The van der Waals surface area contributed by atoms with E-state index < -0.39 is 10.0 Å². The summed E-state index contributed by atoms with van der Waals surface area (Å²) in [5.74, 6) is 1.67. The number of ether oxygens (including phenoxy) is 2. The zero-order chi connectivity index (χ0) is 22.2. The molecule has 2 aromatic carbocycles. The van der Waals surface area contributed by atoms with Gasteiger partial charge in [0.25, 0.3) is 0 Å². The van der Waals surface area contributed by atoms with Gasteiger partial charge >= 0.3 is 0 Å². The largest absolute Gasteiger partial charge is 0.497 e. The third kappa shape index (κ3) is 4.16. The number of aromatic nitrogens is 1. The van der Waals surface area contributed by atoms with Crippen molar-refractivity contribution in [1.29, 1.82) is 0 Å². The van der Waals surface area contributed by atoms with Gasteiger partial charge in [-0.15, -0.1) is 0 Å². The van der Waals surface area contributed by atoms with Crippen LogP contribution in [0.25, 0.3) is 10.9 Å². The zero-order valence-electron chi connectivity index (χ0n) is 18.5. The van der Waals surface area contributed by atoms with E-state index in [0.717, 1.165) is 24.2 Å². The van der Waals surface area contributed by atoms with Crippen LogP contribution in [0.2, 0.25) is 0 Å². The van der Waals surface area contributed by atoms with Gasteiger partial charge < -0.3 is 14.0 Å². The van der Waals surface area contributed by atoms with Gasteiger partial charge in [-0.25, -0.2) is 8.42 Å². The monoisotopic (exact) mass is 442 g/mol. The summed E-state index contributed by atoms with van der Waals surface area (Å²) in [6.45, 7) is 7.86. The lowest BCUT2D eigenvalue weighted by molar-refractivity contribution is 0.242. The predicted octanol–water partition coefficient (Wildman–Crippen LogP) is 4.64. The molecule has 1 fully saturated rings. The van der Waals surface area contributed by atoms with Crippen molar-refractivity contribution >= 4 is 20.9 Å². The Morgan fingerprint density at radius 1 is 1.10 bits per heavy atom. The second-order valence-corrected chi connectivity index (χ2v) is 10.2. The summed E-state index contributed by atoms with van der Waals surface area (Å²) in [7, 11) is -1.87. The fourth-order valence-electron chi connectivity index (χ4n) is 4.33. The van der Waals surface area contributed by atoms with Crippen LogP contribution >= 0.6 is 0 Å². The van der Waals surface area contributed by atoms with Gasteiger partial charge in [0.1, 0.15) is 11.5 Å². The minimum Gasteiger partial charge on any atom is -0.497 e. The molecular formula is C24H30N2O4S. The average Bonchev–Trinajstić information content (AvgIpc) is 3.38. The van der Waals surface area contributed by atoms with Crippen molar-refractivity contribution in [3.63, 3.8) is 0 Å². The molecule has 6 nitrogen and oxygen atoms in total. The van der Waals surface area contributed by atoms with E-state index in [1.807, 2.05) is 26.0 Å². The van der Waals surface area contributed by atoms with Crippen LogP contribution in [0.4, 0.5) is 0 Å². The van der Waals surface area contributed by atoms with Crippen molar-refractivity contribution in [3.05, 3.63) is 54.2 Å². The first-order valence-corrected chi connectivity index (χ1v) is 12.2. The summed E-state index contributed by atoms with van der Waals surface area (Å²) in [6, 6.07) is 12.8. The van der Waals surface area contributed by atoms with Crippen molar-refractivity contribution in [2.45, 2.75) is 50.7 Å². The molecule has 1 unspecified atom stereocenters. The molecule has 31 heavy (non-hydrogen) atoms. The Morgan fingerprint density at radius 3 is 2.45 bits per heavy atom. The van der Waals surface area contributed by atoms with Crippen LogP contribution in [0.1, 0.15) is 38.7 Å². The lowest BCUT2D eigenvalue weighted by Crippen LogP contribution is -2.28. The first-order valence-electron chi connectivity index (χ1n) is 10.8. The highest BCUT2D eigenvalue weighted by Crippen LogP contribution is 2.37. The van der Waals surface area contributed by atoms with Crippen molar-refractivity contribution < 1.29 is 17.9 Å². The van der Waals surface area contributed by atoms with Crippen molar-refractivity contribution in [1.82, 2.24) is 8.87 Å². The molecule has 1 aliphatic rings. The van der Waals surface area contributed by atoms with Gasteiger partial charge in [0, 0.05) is 43.2 Å². The lowest BCUT2D eigenvalue weighted by atomic mass is 9.98. The third-order valence-electron chi connectivity index (χ3n) is 5.89. The quantitative estimate of drug-likeness (QED) is 0.535. The number of methoxy groups -OCH3 is 1.